The molecule has 1 N–H and O–H groups in total. The van der Waals surface area contributed by atoms with E-state index in [0.717, 1.165) is 48.5 Å². The second-order valence-corrected chi connectivity index (χ2v) is 8.83. The number of hydrazone groups is 1. The highest BCUT2D eigenvalue weighted by molar-refractivity contribution is 6.03. The van der Waals surface area contributed by atoms with Crippen molar-refractivity contribution in [1.82, 2.24) is 15.2 Å². The average Bonchev–Trinajstić information content (AvgIpc) is 3.59. The SMILES string of the molecule is COc1ccc(C2CC(c3ccccc3)=NN2C(=O)CCC(=O)NCCC(=O)N2CCCC2)cc1. The maximum absolute atomic E-state index is 13.1. The average molecular weight is 477 g/mol. The molecule has 1 atom stereocenters. The van der Waals surface area contributed by atoms with Crippen LogP contribution in [0.15, 0.2) is 59.7 Å². The number of ether oxygens (including phenoxy) is 1. The van der Waals surface area contributed by atoms with Gasteiger partial charge in [0.25, 0.3) is 0 Å². The smallest absolute Gasteiger partial charge is 0.243 e. The first-order valence-electron chi connectivity index (χ1n) is 12.2. The van der Waals surface area contributed by atoms with Crippen molar-refractivity contribution in [3.05, 3.63) is 65.7 Å². The molecular weight excluding hydrogens is 444 g/mol. The van der Waals surface area contributed by atoms with Crippen molar-refractivity contribution in [1.29, 1.82) is 0 Å². The quantitative estimate of drug-likeness (QED) is 0.601. The van der Waals surface area contributed by atoms with E-state index in [9.17, 15) is 14.4 Å². The van der Waals surface area contributed by atoms with Gasteiger partial charge in [0, 0.05) is 45.3 Å². The molecule has 3 amide bonds. The van der Waals surface area contributed by atoms with Crippen LogP contribution in [-0.4, -0.2) is 60.1 Å². The topological polar surface area (TPSA) is 91.3 Å². The fourth-order valence-electron chi connectivity index (χ4n) is 4.49. The van der Waals surface area contributed by atoms with Gasteiger partial charge in [0.2, 0.25) is 17.7 Å². The van der Waals surface area contributed by atoms with Crippen LogP contribution in [0.2, 0.25) is 0 Å². The molecule has 2 aliphatic heterocycles. The van der Waals surface area contributed by atoms with E-state index in [1.54, 1.807) is 7.11 Å². The number of hydrogen-bond donors (Lipinski definition) is 1. The van der Waals surface area contributed by atoms with Gasteiger partial charge < -0.3 is 15.0 Å². The summed E-state index contributed by atoms with van der Waals surface area (Å²) in [5.41, 5.74) is 2.77. The molecule has 1 unspecified atom stereocenters. The Morgan fingerprint density at radius 1 is 0.943 bits per heavy atom. The van der Waals surface area contributed by atoms with Crippen LogP contribution < -0.4 is 10.1 Å². The number of nitrogens with one attached hydrogen (secondary N) is 1. The van der Waals surface area contributed by atoms with Gasteiger partial charge in [0.1, 0.15) is 5.75 Å². The fourth-order valence-corrected chi connectivity index (χ4v) is 4.49. The summed E-state index contributed by atoms with van der Waals surface area (Å²) in [6, 6.07) is 17.2. The van der Waals surface area contributed by atoms with E-state index in [-0.39, 0.29) is 49.6 Å². The Balaban J connectivity index is 1.35. The first kappa shape index (κ1) is 24.4. The molecule has 35 heavy (non-hydrogen) atoms. The van der Waals surface area contributed by atoms with Crippen molar-refractivity contribution in [2.75, 3.05) is 26.7 Å². The first-order chi connectivity index (χ1) is 17.0. The highest BCUT2D eigenvalue weighted by Gasteiger charge is 2.33. The molecule has 0 aromatic heterocycles. The largest absolute Gasteiger partial charge is 0.497 e. The third kappa shape index (κ3) is 6.26. The molecule has 2 aromatic carbocycles. The number of carbonyl (C=O) groups excluding carboxylic acids is 3. The van der Waals surface area contributed by atoms with E-state index in [1.165, 1.54) is 5.01 Å². The Labute approximate surface area is 205 Å². The van der Waals surface area contributed by atoms with Gasteiger partial charge in [-0.1, -0.05) is 42.5 Å². The number of benzene rings is 2. The molecule has 184 valence electrons. The maximum Gasteiger partial charge on any atom is 0.243 e. The maximum atomic E-state index is 13.1. The lowest BCUT2D eigenvalue weighted by molar-refractivity contribution is -0.135. The van der Waals surface area contributed by atoms with Crippen molar-refractivity contribution in [2.24, 2.45) is 5.10 Å². The molecule has 1 fully saturated rings. The van der Waals surface area contributed by atoms with E-state index in [4.69, 9.17) is 4.74 Å². The molecule has 2 aliphatic rings. The summed E-state index contributed by atoms with van der Waals surface area (Å²) in [4.78, 5) is 39.4. The summed E-state index contributed by atoms with van der Waals surface area (Å²) >= 11 is 0. The standard InChI is InChI=1S/C27H32N4O4/c1-35-22-11-9-21(10-12-22)24-19-23(20-7-3-2-4-8-20)29-31(24)27(34)14-13-25(32)28-16-15-26(33)30-17-5-6-18-30/h2-4,7-12,24H,5-6,13-19H2,1H3,(H,28,32). The molecule has 1 saturated heterocycles. The van der Waals surface area contributed by atoms with Gasteiger partial charge in [-0.05, 0) is 36.1 Å². The zero-order valence-electron chi connectivity index (χ0n) is 20.1. The Kier molecular flexibility index (Phi) is 8.13. The molecule has 0 bridgehead atoms. The number of hydrogen-bond acceptors (Lipinski definition) is 5. The monoisotopic (exact) mass is 476 g/mol. The number of carbonyl (C=O) groups is 3. The van der Waals surface area contributed by atoms with Gasteiger partial charge >= 0.3 is 0 Å². The lowest BCUT2D eigenvalue weighted by atomic mass is 9.98. The van der Waals surface area contributed by atoms with E-state index in [0.29, 0.717) is 6.42 Å². The summed E-state index contributed by atoms with van der Waals surface area (Å²) in [5.74, 6) is 0.370. The van der Waals surface area contributed by atoms with Crippen LogP contribution >= 0.6 is 0 Å². The Morgan fingerprint density at radius 3 is 2.34 bits per heavy atom. The van der Waals surface area contributed by atoms with Crippen LogP contribution in [-0.2, 0) is 14.4 Å². The van der Waals surface area contributed by atoms with E-state index < -0.39 is 0 Å². The third-order valence-corrected chi connectivity index (χ3v) is 6.46. The van der Waals surface area contributed by atoms with Gasteiger partial charge in [0.05, 0.1) is 18.9 Å². The van der Waals surface area contributed by atoms with Crippen molar-refractivity contribution in [3.63, 3.8) is 0 Å². The molecule has 0 aliphatic carbocycles. The highest BCUT2D eigenvalue weighted by atomic mass is 16.5. The van der Waals surface area contributed by atoms with Gasteiger partial charge in [0.15, 0.2) is 0 Å². The van der Waals surface area contributed by atoms with Gasteiger partial charge in [-0.25, -0.2) is 5.01 Å². The van der Waals surface area contributed by atoms with Crippen molar-refractivity contribution < 1.29 is 19.1 Å². The van der Waals surface area contributed by atoms with Crippen molar-refractivity contribution >= 4 is 23.4 Å². The lowest BCUT2D eigenvalue weighted by Crippen LogP contribution is -2.33. The second-order valence-electron chi connectivity index (χ2n) is 8.83. The fraction of sp³-hybridized carbons (Fsp3) is 0.407. The zero-order valence-corrected chi connectivity index (χ0v) is 20.1. The third-order valence-electron chi connectivity index (χ3n) is 6.46. The van der Waals surface area contributed by atoms with E-state index in [2.05, 4.69) is 10.4 Å². The molecule has 0 spiro atoms. The minimum absolute atomic E-state index is 0.0458. The van der Waals surface area contributed by atoms with E-state index >= 15 is 0 Å². The van der Waals surface area contributed by atoms with E-state index in [1.807, 2.05) is 59.5 Å². The second kappa shape index (κ2) is 11.6. The van der Waals surface area contributed by atoms with Crippen molar-refractivity contribution in [3.8, 4) is 5.75 Å². The molecule has 2 aromatic rings. The number of likely N-dealkylation sites (tertiary alicyclic amines) is 1. The van der Waals surface area contributed by atoms with Crippen molar-refractivity contribution in [2.45, 2.75) is 44.6 Å². The summed E-state index contributed by atoms with van der Waals surface area (Å²) in [6.45, 7) is 1.90. The normalized spacial score (nSPS) is 17.3. The number of amides is 3. The van der Waals surface area contributed by atoms with Crippen LogP contribution in [0.1, 0.15) is 55.7 Å². The zero-order chi connectivity index (χ0) is 24.6. The molecule has 8 nitrogen and oxygen atoms in total. The predicted molar refractivity (Wildman–Crippen MR) is 133 cm³/mol. The minimum atomic E-state index is -0.246. The molecule has 4 rings (SSSR count). The molecular formula is C27H32N4O4. The molecule has 8 heteroatoms. The number of methoxy groups -OCH3 is 1. The number of rotatable bonds is 9. The van der Waals surface area contributed by atoms with Crippen LogP contribution in [0.5, 0.6) is 5.75 Å². The highest BCUT2D eigenvalue weighted by Crippen LogP contribution is 2.34. The number of nitrogens with zero attached hydrogens (tertiary/aromatic N) is 3. The first-order valence-corrected chi connectivity index (χ1v) is 12.2. The minimum Gasteiger partial charge on any atom is -0.497 e. The van der Waals surface area contributed by atoms with Gasteiger partial charge in [-0.2, -0.15) is 5.10 Å². The van der Waals surface area contributed by atoms with Crippen LogP contribution in [0.3, 0.4) is 0 Å². The van der Waals surface area contributed by atoms with Crippen LogP contribution in [0.4, 0.5) is 0 Å². The Hall–Kier alpha value is -3.68. The van der Waals surface area contributed by atoms with Gasteiger partial charge in [-0.15, -0.1) is 0 Å². The summed E-state index contributed by atoms with van der Waals surface area (Å²) in [7, 11) is 1.62. The van der Waals surface area contributed by atoms with Gasteiger partial charge in [-0.3, -0.25) is 14.4 Å². The summed E-state index contributed by atoms with van der Waals surface area (Å²) in [6.07, 6.45) is 3.07. The Morgan fingerprint density at radius 2 is 1.66 bits per heavy atom. The van der Waals surface area contributed by atoms with Crippen LogP contribution in [0.25, 0.3) is 0 Å². The lowest BCUT2D eigenvalue weighted by Gasteiger charge is -2.22. The predicted octanol–water partition coefficient (Wildman–Crippen LogP) is 3.28. The molecule has 0 saturated carbocycles. The molecule has 0 radical (unpaired) electrons. The van der Waals surface area contributed by atoms with Crippen LogP contribution in [0, 0.1) is 0 Å². The Bertz CT molecular complexity index is 1060. The molecule has 2 heterocycles. The summed E-state index contributed by atoms with van der Waals surface area (Å²) in [5, 5.41) is 8.93. The summed E-state index contributed by atoms with van der Waals surface area (Å²) < 4.78 is 5.26.